The molecule has 2 atom stereocenters. The van der Waals surface area contributed by atoms with Crippen molar-refractivity contribution >= 4 is 24.2 Å². The number of benzene rings is 2. The first-order chi connectivity index (χ1) is 16.9. The van der Waals surface area contributed by atoms with Gasteiger partial charge in [0.25, 0.3) is 0 Å². The molecule has 0 saturated heterocycles. The van der Waals surface area contributed by atoms with Crippen molar-refractivity contribution in [2.24, 2.45) is 0 Å². The SMILES string of the molecule is COc1ccc(C(NS(=O)C(C)(C)C)c2ccccc2P(C2CCCCC2)C2CCCCC2)cc1. The third kappa shape index (κ3) is 6.76. The average Bonchev–Trinajstić information content (AvgIpc) is 2.88. The van der Waals surface area contributed by atoms with Crippen LogP contribution in [0.1, 0.15) is 102 Å². The molecule has 2 fully saturated rings. The number of hydrogen-bond acceptors (Lipinski definition) is 2. The summed E-state index contributed by atoms with van der Waals surface area (Å²) in [6.45, 7) is 6.14. The molecule has 0 aromatic heterocycles. The van der Waals surface area contributed by atoms with Crippen molar-refractivity contribution in [3.05, 3.63) is 59.7 Å². The molecule has 0 spiro atoms. The van der Waals surface area contributed by atoms with E-state index in [9.17, 15) is 4.21 Å². The quantitative estimate of drug-likeness (QED) is 0.369. The molecule has 2 aromatic rings. The Morgan fingerprint density at radius 2 is 1.40 bits per heavy atom. The molecule has 2 aliphatic rings. The second kappa shape index (κ2) is 12.3. The summed E-state index contributed by atoms with van der Waals surface area (Å²) in [6, 6.07) is 17.4. The van der Waals surface area contributed by atoms with Gasteiger partial charge in [0.05, 0.1) is 28.9 Å². The van der Waals surface area contributed by atoms with Gasteiger partial charge < -0.3 is 4.74 Å². The van der Waals surface area contributed by atoms with Gasteiger partial charge in [0, 0.05) is 0 Å². The predicted octanol–water partition coefficient (Wildman–Crippen LogP) is 7.61. The number of hydrogen-bond donors (Lipinski definition) is 1. The second-order valence-electron chi connectivity index (χ2n) is 11.3. The molecule has 0 radical (unpaired) electrons. The van der Waals surface area contributed by atoms with Gasteiger partial charge in [0.2, 0.25) is 0 Å². The summed E-state index contributed by atoms with van der Waals surface area (Å²) in [5.41, 5.74) is 4.14. The lowest BCUT2D eigenvalue weighted by Crippen LogP contribution is -2.38. The Bertz CT molecular complexity index is 941. The first kappa shape index (κ1) is 26.8. The van der Waals surface area contributed by atoms with Gasteiger partial charge in [0.1, 0.15) is 5.75 Å². The Morgan fingerprint density at radius 3 is 1.91 bits per heavy atom. The van der Waals surface area contributed by atoms with Crippen molar-refractivity contribution in [1.29, 1.82) is 0 Å². The minimum Gasteiger partial charge on any atom is -0.497 e. The standard InChI is InChI=1S/C30H44NO2PS/c1-30(2,3)35(32)31-29(23-19-21-24(33-4)22-20-23)27-17-11-12-18-28(27)34(25-13-7-5-8-14-25)26-15-9-6-10-16-26/h11-12,17-22,25-26,29,31H,5-10,13-16H2,1-4H3. The lowest BCUT2D eigenvalue weighted by Gasteiger charge is -2.40. The Morgan fingerprint density at radius 1 is 0.857 bits per heavy atom. The largest absolute Gasteiger partial charge is 0.497 e. The van der Waals surface area contributed by atoms with E-state index in [4.69, 9.17) is 4.74 Å². The van der Waals surface area contributed by atoms with Crippen molar-refractivity contribution in [3.8, 4) is 5.75 Å². The molecule has 3 nitrogen and oxygen atoms in total. The van der Waals surface area contributed by atoms with Gasteiger partial charge in [-0.1, -0.05) is 82.8 Å². The van der Waals surface area contributed by atoms with Crippen LogP contribution >= 0.6 is 7.92 Å². The fourth-order valence-electron chi connectivity index (χ4n) is 5.77. The molecule has 2 saturated carbocycles. The summed E-state index contributed by atoms with van der Waals surface area (Å²) < 4.78 is 22.1. The van der Waals surface area contributed by atoms with Crippen LogP contribution in [0.25, 0.3) is 0 Å². The van der Waals surface area contributed by atoms with Gasteiger partial charge in [-0.25, -0.2) is 8.93 Å². The molecule has 4 rings (SSSR count). The molecule has 1 N–H and O–H groups in total. The van der Waals surface area contributed by atoms with Gasteiger partial charge in [-0.05, 0) is 86.3 Å². The van der Waals surface area contributed by atoms with Crippen LogP contribution in [-0.2, 0) is 11.0 Å². The zero-order valence-corrected chi connectivity index (χ0v) is 23.8. The third-order valence-electron chi connectivity index (χ3n) is 7.69. The Labute approximate surface area is 217 Å². The van der Waals surface area contributed by atoms with Crippen LogP contribution in [0.5, 0.6) is 5.75 Å². The highest BCUT2D eigenvalue weighted by Crippen LogP contribution is 2.56. The number of methoxy groups -OCH3 is 1. The smallest absolute Gasteiger partial charge is 0.118 e. The van der Waals surface area contributed by atoms with Crippen LogP contribution in [0, 0.1) is 0 Å². The van der Waals surface area contributed by atoms with Gasteiger partial charge in [-0.15, -0.1) is 0 Å². The lowest BCUT2D eigenvalue weighted by atomic mass is 9.99. The topological polar surface area (TPSA) is 38.3 Å². The highest BCUT2D eigenvalue weighted by molar-refractivity contribution is 7.84. The summed E-state index contributed by atoms with van der Waals surface area (Å²) in [5, 5.41) is 1.56. The fourth-order valence-corrected chi connectivity index (χ4v) is 10.6. The Hall–Kier alpha value is -1.22. The number of rotatable bonds is 8. The highest BCUT2D eigenvalue weighted by atomic mass is 32.2. The molecule has 0 aliphatic heterocycles. The first-order valence-electron chi connectivity index (χ1n) is 13.6. The molecular weight excluding hydrogens is 469 g/mol. The van der Waals surface area contributed by atoms with Crippen molar-refractivity contribution in [1.82, 2.24) is 4.72 Å². The van der Waals surface area contributed by atoms with Gasteiger partial charge >= 0.3 is 0 Å². The van der Waals surface area contributed by atoms with E-state index in [1.807, 2.05) is 32.9 Å². The number of ether oxygens (including phenoxy) is 1. The molecule has 2 aromatic carbocycles. The monoisotopic (exact) mass is 513 g/mol. The van der Waals surface area contributed by atoms with E-state index in [2.05, 4.69) is 41.1 Å². The maximum Gasteiger partial charge on any atom is 0.118 e. The molecule has 0 heterocycles. The van der Waals surface area contributed by atoms with E-state index in [0.717, 1.165) is 22.6 Å². The molecule has 192 valence electrons. The van der Waals surface area contributed by atoms with Gasteiger partial charge in [-0.3, -0.25) is 0 Å². The van der Waals surface area contributed by atoms with Crippen molar-refractivity contribution in [3.63, 3.8) is 0 Å². The zero-order valence-electron chi connectivity index (χ0n) is 22.1. The molecule has 0 bridgehead atoms. The average molecular weight is 514 g/mol. The Balaban J connectivity index is 1.78. The lowest BCUT2D eigenvalue weighted by molar-refractivity contribution is 0.414. The van der Waals surface area contributed by atoms with Crippen LogP contribution in [0.15, 0.2) is 48.5 Å². The van der Waals surface area contributed by atoms with Crippen LogP contribution in [-0.4, -0.2) is 27.4 Å². The molecule has 2 aliphatic carbocycles. The van der Waals surface area contributed by atoms with E-state index in [1.165, 1.54) is 69.8 Å². The van der Waals surface area contributed by atoms with Crippen LogP contribution < -0.4 is 14.8 Å². The summed E-state index contributed by atoms with van der Waals surface area (Å²) in [6.07, 6.45) is 13.8. The van der Waals surface area contributed by atoms with Gasteiger partial charge in [0.15, 0.2) is 0 Å². The van der Waals surface area contributed by atoms with E-state index in [1.54, 1.807) is 12.4 Å². The molecule has 2 unspecified atom stereocenters. The maximum atomic E-state index is 13.4. The first-order valence-corrected chi connectivity index (χ1v) is 16.2. The van der Waals surface area contributed by atoms with Crippen LogP contribution in [0.2, 0.25) is 0 Å². The molecule has 5 heteroatoms. The summed E-state index contributed by atoms with van der Waals surface area (Å²) in [7, 11) is 0.262. The van der Waals surface area contributed by atoms with Crippen molar-refractivity contribution < 1.29 is 8.95 Å². The van der Waals surface area contributed by atoms with Crippen molar-refractivity contribution in [2.75, 3.05) is 7.11 Å². The van der Waals surface area contributed by atoms with Crippen molar-refractivity contribution in [2.45, 2.75) is 107 Å². The summed E-state index contributed by atoms with van der Waals surface area (Å²) in [5.74, 6) is 0.851. The maximum absolute atomic E-state index is 13.4. The minimum atomic E-state index is -1.18. The van der Waals surface area contributed by atoms with Crippen LogP contribution in [0.4, 0.5) is 0 Å². The Kier molecular flexibility index (Phi) is 9.47. The van der Waals surface area contributed by atoms with E-state index >= 15 is 0 Å². The molecule has 0 amide bonds. The molecule has 35 heavy (non-hydrogen) atoms. The minimum absolute atomic E-state index is 0.102. The highest BCUT2D eigenvalue weighted by Gasteiger charge is 2.35. The normalized spacial score (nSPS) is 20.0. The summed E-state index contributed by atoms with van der Waals surface area (Å²) in [4.78, 5) is 0. The number of nitrogens with one attached hydrogen (secondary N) is 1. The van der Waals surface area contributed by atoms with Gasteiger partial charge in [-0.2, -0.15) is 0 Å². The molecular formula is C30H44NO2PS. The summed E-state index contributed by atoms with van der Waals surface area (Å²) >= 11 is 0. The van der Waals surface area contributed by atoms with E-state index < -0.39 is 11.0 Å². The predicted molar refractivity (Wildman–Crippen MR) is 153 cm³/mol. The fraction of sp³-hybridized carbons (Fsp3) is 0.600. The second-order valence-corrected chi connectivity index (χ2v) is 16.0. The zero-order chi connectivity index (χ0) is 24.8. The third-order valence-corrected chi connectivity index (χ3v) is 12.8. The van der Waals surface area contributed by atoms with E-state index in [-0.39, 0.29) is 18.7 Å². The van der Waals surface area contributed by atoms with Crippen LogP contribution in [0.3, 0.4) is 0 Å². The van der Waals surface area contributed by atoms with E-state index in [0.29, 0.717) is 0 Å².